The molecule has 0 saturated carbocycles. The van der Waals surface area contributed by atoms with E-state index in [9.17, 15) is 14.0 Å². The number of carbonyl (C=O) groups is 2. The van der Waals surface area contributed by atoms with Gasteiger partial charge in [0.15, 0.2) is 11.5 Å². The van der Waals surface area contributed by atoms with Crippen LogP contribution in [0.2, 0.25) is 0 Å². The lowest BCUT2D eigenvalue weighted by Crippen LogP contribution is -2.38. The summed E-state index contributed by atoms with van der Waals surface area (Å²) in [4.78, 5) is 29.8. The number of hydrogen-bond donors (Lipinski definition) is 0. The smallest absolute Gasteiger partial charge is 0.282 e. The summed E-state index contributed by atoms with van der Waals surface area (Å²) in [5.41, 5.74) is 0.611. The highest BCUT2D eigenvalue weighted by Crippen LogP contribution is 2.38. The highest BCUT2D eigenvalue weighted by molar-refractivity contribution is 6.45. The van der Waals surface area contributed by atoms with Crippen LogP contribution in [0.1, 0.15) is 5.56 Å². The fourth-order valence-electron chi connectivity index (χ4n) is 3.65. The van der Waals surface area contributed by atoms with Crippen LogP contribution in [-0.4, -0.2) is 71.5 Å². The van der Waals surface area contributed by atoms with Gasteiger partial charge >= 0.3 is 0 Å². The first kappa shape index (κ1) is 24.2. The molecule has 0 N–H and O–H groups in total. The molecule has 0 aromatic heterocycles. The SMILES string of the molecule is COCCN(CCOC)C1=C(c2ccc(OC)c(OC)c2)C(=O)N(c2ccccc2F)C1=O. The zero-order valence-electron chi connectivity index (χ0n) is 19.1. The molecule has 1 aliphatic heterocycles. The third-order valence-electron chi connectivity index (χ3n) is 5.27. The first-order valence-corrected chi connectivity index (χ1v) is 10.3. The second kappa shape index (κ2) is 10.9. The number of amides is 2. The maximum atomic E-state index is 14.6. The molecule has 176 valence electrons. The van der Waals surface area contributed by atoms with Crippen molar-refractivity contribution >= 4 is 23.1 Å². The van der Waals surface area contributed by atoms with Gasteiger partial charge in [-0.05, 0) is 29.8 Å². The molecule has 1 heterocycles. The third kappa shape index (κ3) is 4.84. The lowest BCUT2D eigenvalue weighted by Gasteiger charge is -2.25. The number of nitrogens with zero attached hydrogens (tertiary/aromatic N) is 2. The fraction of sp³-hybridized carbons (Fsp3) is 0.333. The predicted molar refractivity (Wildman–Crippen MR) is 121 cm³/mol. The number of methoxy groups -OCH3 is 4. The highest BCUT2D eigenvalue weighted by atomic mass is 19.1. The van der Waals surface area contributed by atoms with Crippen LogP contribution in [-0.2, 0) is 19.1 Å². The minimum Gasteiger partial charge on any atom is -0.493 e. The van der Waals surface area contributed by atoms with E-state index in [1.807, 2.05) is 0 Å². The molecule has 2 aromatic carbocycles. The van der Waals surface area contributed by atoms with E-state index in [-0.39, 0.29) is 17.0 Å². The summed E-state index contributed by atoms with van der Waals surface area (Å²) in [5.74, 6) is -1.06. The second-order valence-corrected chi connectivity index (χ2v) is 7.16. The number of carbonyl (C=O) groups excluding carboxylic acids is 2. The van der Waals surface area contributed by atoms with E-state index in [4.69, 9.17) is 18.9 Å². The van der Waals surface area contributed by atoms with Gasteiger partial charge in [0.25, 0.3) is 11.8 Å². The molecule has 1 aliphatic rings. The Morgan fingerprint density at radius 2 is 1.48 bits per heavy atom. The fourth-order valence-corrected chi connectivity index (χ4v) is 3.65. The zero-order chi connectivity index (χ0) is 24.0. The number of hydrogen-bond acceptors (Lipinski definition) is 7. The van der Waals surface area contributed by atoms with Gasteiger partial charge in [-0.3, -0.25) is 9.59 Å². The molecular weight excluding hydrogens is 431 g/mol. The highest BCUT2D eigenvalue weighted by Gasteiger charge is 2.43. The summed E-state index contributed by atoms with van der Waals surface area (Å²) in [5, 5.41) is 0. The van der Waals surface area contributed by atoms with Gasteiger partial charge in [0.1, 0.15) is 11.5 Å². The lowest BCUT2D eigenvalue weighted by atomic mass is 10.0. The van der Waals surface area contributed by atoms with Crippen LogP contribution in [0.5, 0.6) is 11.5 Å². The molecule has 0 fully saturated rings. The molecular formula is C24H27FN2O6. The molecule has 0 radical (unpaired) electrons. The summed E-state index contributed by atoms with van der Waals surface area (Å²) in [6.45, 7) is 1.29. The van der Waals surface area contributed by atoms with Crippen LogP contribution >= 0.6 is 0 Å². The summed E-state index contributed by atoms with van der Waals surface area (Å²) >= 11 is 0. The van der Waals surface area contributed by atoms with E-state index < -0.39 is 17.6 Å². The van der Waals surface area contributed by atoms with Crippen molar-refractivity contribution in [3.63, 3.8) is 0 Å². The first-order chi connectivity index (χ1) is 16.0. The number of para-hydroxylation sites is 1. The normalized spacial score (nSPS) is 13.7. The van der Waals surface area contributed by atoms with E-state index in [2.05, 4.69) is 0 Å². The largest absolute Gasteiger partial charge is 0.493 e. The van der Waals surface area contributed by atoms with Gasteiger partial charge in [0.2, 0.25) is 0 Å². The minimum atomic E-state index is -0.674. The van der Waals surface area contributed by atoms with Gasteiger partial charge in [0, 0.05) is 27.3 Å². The molecule has 0 bridgehead atoms. The molecule has 2 amide bonds. The standard InChI is InChI=1S/C24H27FN2O6/c1-30-13-11-26(12-14-31-2)22-21(16-9-10-19(32-3)20(15-16)33-4)23(28)27(24(22)29)18-8-6-5-7-17(18)25/h5-10,15H,11-14H2,1-4H3. The molecule has 3 rings (SSSR count). The van der Waals surface area contributed by atoms with Gasteiger partial charge in [-0.1, -0.05) is 18.2 Å². The maximum Gasteiger partial charge on any atom is 0.282 e. The summed E-state index contributed by atoms with van der Waals surface area (Å²) in [6.07, 6.45) is 0. The second-order valence-electron chi connectivity index (χ2n) is 7.16. The minimum absolute atomic E-state index is 0.112. The quantitative estimate of drug-likeness (QED) is 0.479. The predicted octanol–water partition coefficient (Wildman–Crippen LogP) is 2.72. The number of anilines is 1. The summed E-state index contributed by atoms with van der Waals surface area (Å²) in [6, 6.07) is 10.6. The van der Waals surface area contributed by atoms with E-state index in [1.54, 1.807) is 43.4 Å². The maximum absolute atomic E-state index is 14.6. The van der Waals surface area contributed by atoms with Crippen molar-refractivity contribution in [3.8, 4) is 11.5 Å². The van der Waals surface area contributed by atoms with Crippen molar-refractivity contribution in [2.24, 2.45) is 0 Å². The molecule has 2 aromatic rings. The number of rotatable bonds is 11. The van der Waals surface area contributed by atoms with Crippen molar-refractivity contribution < 1.29 is 32.9 Å². The van der Waals surface area contributed by atoms with Crippen LogP contribution in [0.4, 0.5) is 10.1 Å². The van der Waals surface area contributed by atoms with Crippen molar-refractivity contribution in [3.05, 3.63) is 59.5 Å². The lowest BCUT2D eigenvalue weighted by molar-refractivity contribution is -0.120. The Bertz CT molecular complexity index is 1050. The van der Waals surface area contributed by atoms with Crippen molar-refractivity contribution in [2.45, 2.75) is 0 Å². The van der Waals surface area contributed by atoms with E-state index in [0.29, 0.717) is 43.4 Å². The Balaban J connectivity index is 2.19. The van der Waals surface area contributed by atoms with E-state index in [0.717, 1.165) is 4.90 Å². The van der Waals surface area contributed by atoms with Gasteiger partial charge in [-0.25, -0.2) is 9.29 Å². The van der Waals surface area contributed by atoms with Crippen LogP contribution in [0.15, 0.2) is 48.2 Å². The number of imide groups is 1. The molecule has 0 atom stereocenters. The van der Waals surface area contributed by atoms with Gasteiger partial charge in [0.05, 0.1) is 38.7 Å². The summed E-state index contributed by atoms with van der Waals surface area (Å²) in [7, 11) is 6.08. The van der Waals surface area contributed by atoms with Crippen LogP contribution < -0.4 is 14.4 Å². The van der Waals surface area contributed by atoms with Crippen LogP contribution in [0, 0.1) is 5.82 Å². The molecule has 0 aliphatic carbocycles. The summed E-state index contributed by atoms with van der Waals surface area (Å²) < 4.78 is 35.7. The van der Waals surface area contributed by atoms with Crippen molar-refractivity contribution in [1.82, 2.24) is 4.90 Å². The number of halogens is 1. The van der Waals surface area contributed by atoms with Crippen molar-refractivity contribution in [2.75, 3.05) is 59.6 Å². The molecule has 33 heavy (non-hydrogen) atoms. The monoisotopic (exact) mass is 458 g/mol. The molecule has 9 heteroatoms. The van der Waals surface area contributed by atoms with Crippen LogP contribution in [0.25, 0.3) is 5.57 Å². The third-order valence-corrected chi connectivity index (χ3v) is 5.27. The Morgan fingerprint density at radius 1 is 0.848 bits per heavy atom. The Morgan fingerprint density at radius 3 is 2.06 bits per heavy atom. The van der Waals surface area contributed by atoms with E-state index in [1.165, 1.54) is 32.4 Å². The Kier molecular flexibility index (Phi) is 8.02. The zero-order valence-corrected chi connectivity index (χ0v) is 19.1. The van der Waals surface area contributed by atoms with Gasteiger partial charge < -0.3 is 23.8 Å². The van der Waals surface area contributed by atoms with Crippen molar-refractivity contribution in [1.29, 1.82) is 0 Å². The van der Waals surface area contributed by atoms with E-state index >= 15 is 0 Å². The Hall–Kier alpha value is -3.43. The number of ether oxygens (including phenoxy) is 4. The molecule has 0 saturated heterocycles. The average Bonchev–Trinajstić information content (AvgIpc) is 3.09. The number of benzene rings is 2. The molecule has 0 spiro atoms. The topological polar surface area (TPSA) is 77.5 Å². The van der Waals surface area contributed by atoms with Gasteiger partial charge in [-0.15, -0.1) is 0 Å². The molecule has 0 unspecified atom stereocenters. The van der Waals surface area contributed by atoms with Gasteiger partial charge in [-0.2, -0.15) is 0 Å². The first-order valence-electron chi connectivity index (χ1n) is 10.3. The van der Waals surface area contributed by atoms with Crippen LogP contribution in [0.3, 0.4) is 0 Å². The molecule has 8 nitrogen and oxygen atoms in total. The Labute approximate surface area is 192 Å². The average molecular weight is 458 g/mol.